The maximum atomic E-state index is 13.1. The third-order valence-corrected chi connectivity index (χ3v) is 2.20. The summed E-state index contributed by atoms with van der Waals surface area (Å²) in [5.74, 6) is 0.661. The van der Waals surface area contributed by atoms with Gasteiger partial charge in [-0.2, -0.15) is 0 Å². The van der Waals surface area contributed by atoms with Crippen molar-refractivity contribution in [3.05, 3.63) is 35.6 Å². The maximum absolute atomic E-state index is 13.1. The van der Waals surface area contributed by atoms with E-state index in [2.05, 4.69) is 0 Å². The molecule has 1 aromatic rings. The van der Waals surface area contributed by atoms with Gasteiger partial charge in [0.1, 0.15) is 5.82 Å². The van der Waals surface area contributed by atoms with Crippen molar-refractivity contribution >= 4 is 11.6 Å². The summed E-state index contributed by atoms with van der Waals surface area (Å²) in [6, 6.07) is 6.85. The molecule has 0 bridgehead atoms. The lowest BCUT2D eigenvalue weighted by atomic mass is 9.98. The molecule has 0 radical (unpaired) electrons. The molecule has 12 heavy (non-hydrogen) atoms. The largest absolute Gasteiger partial charge is 0.207 e. The monoisotopic (exact) mass is 186 g/mol. The molecular weight excluding hydrogens is 175 g/mol. The van der Waals surface area contributed by atoms with Gasteiger partial charge in [0.25, 0.3) is 0 Å². The quantitative estimate of drug-likeness (QED) is 0.634. The number of hydrogen-bond donors (Lipinski definition) is 0. The predicted molar refractivity (Wildman–Crippen MR) is 50.2 cm³/mol. The van der Waals surface area contributed by atoms with Crippen LogP contribution in [-0.2, 0) is 0 Å². The van der Waals surface area contributed by atoms with E-state index in [4.69, 9.17) is 11.6 Å². The van der Waals surface area contributed by atoms with Crippen LogP contribution in [0, 0.1) is 5.82 Å². The van der Waals surface area contributed by atoms with Crippen LogP contribution < -0.4 is 0 Å². The topological polar surface area (TPSA) is 0 Å². The van der Waals surface area contributed by atoms with Gasteiger partial charge >= 0.3 is 0 Å². The van der Waals surface area contributed by atoms with Crippen LogP contribution in [0.2, 0.25) is 0 Å². The first kappa shape index (κ1) is 9.53. The molecule has 0 heterocycles. The van der Waals surface area contributed by atoms with E-state index in [-0.39, 0.29) is 11.7 Å². The second-order valence-electron chi connectivity index (χ2n) is 2.90. The highest BCUT2D eigenvalue weighted by Crippen LogP contribution is 2.21. The number of halogens is 2. The summed E-state index contributed by atoms with van der Waals surface area (Å²) in [4.78, 5) is 0. The Balaban J connectivity index is 2.79. The first-order valence-electron chi connectivity index (χ1n) is 4.06. The molecular formula is C10H12ClF. The van der Waals surface area contributed by atoms with E-state index in [1.54, 1.807) is 6.07 Å². The van der Waals surface area contributed by atoms with Crippen LogP contribution in [0.4, 0.5) is 4.39 Å². The summed E-state index contributed by atoms with van der Waals surface area (Å²) >= 11 is 5.58. The third-order valence-electron chi connectivity index (χ3n) is 1.98. The molecule has 0 fully saturated rings. The molecule has 1 aromatic carbocycles. The number of alkyl halides is 1. The molecule has 0 spiro atoms. The van der Waals surface area contributed by atoms with Gasteiger partial charge in [-0.15, -0.1) is 11.6 Å². The Morgan fingerprint density at radius 3 is 2.67 bits per heavy atom. The maximum Gasteiger partial charge on any atom is 0.126 e. The summed E-state index contributed by atoms with van der Waals surface area (Å²) in [7, 11) is 0. The van der Waals surface area contributed by atoms with Crippen LogP contribution in [0.5, 0.6) is 0 Å². The summed E-state index contributed by atoms with van der Waals surface area (Å²) in [6.45, 7) is 1.99. The van der Waals surface area contributed by atoms with Gasteiger partial charge in [0, 0.05) is 5.88 Å². The molecule has 0 aliphatic heterocycles. The third kappa shape index (κ3) is 2.21. The van der Waals surface area contributed by atoms with Gasteiger partial charge in [0.15, 0.2) is 0 Å². The van der Waals surface area contributed by atoms with Crippen molar-refractivity contribution in [1.29, 1.82) is 0 Å². The fourth-order valence-electron chi connectivity index (χ4n) is 1.19. The van der Waals surface area contributed by atoms with Crippen molar-refractivity contribution in [2.45, 2.75) is 19.3 Å². The van der Waals surface area contributed by atoms with E-state index in [0.717, 1.165) is 12.0 Å². The van der Waals surface area contributed by atoms with E-state index in [1.165, 1.54) is 6.07 Å². The predicted octanol–water partition coefficient (Wildman–Crippen LogP) is 3.56. The smallest absolute Gasteiger partial charge is 0.126 e. The van der Waals surface area contributed by atoms with Crippen molar-refractivity contribution in [2.24, 2.45) is 0 Å². The van der Waals surface area contributed by atoms with Gasteiger partial charge < -0.3 is 0 Å². The van der Waals surface area contributed by atoms with Crippen LogP contribution in [0.15, 0.2) is 24.3 Å². The Hall–Kier alpha value is -0.560. The van der Waals surface area contributed by atoms with E-state index in [0.29, 0.717) is 5.88 Å². The van der Waals surface area contributed by atoms with Crippen LogP contribution >= 0.6 is 11.6 Å². The summed E-state index contributed by atoms with van der Waals surface area (Å²) in [6.07, 6.45) is 0.822. The molecule has 0 aliphatic rings. The highest BCUT2D eigenvalue weighted by atomic mass is 35.5. The van der Waals surface area contributed by atoms with Crippen molar-refractivity contribution in [3.63, 3.8) is 0 Å². The normalized spacial score (nSPS) is 12.9. The standard InChI is InChI=1S/C10H12ClF/c1-8(6-7-11)9-4-2-3-5-10(9)12/h2-5,8H,6-7H2,1H3. The molecule has 0 amide bonds. The fourth-order valence-corrected chi connectivity index (χ4v) is 1.52. The van der Waals surface area contributed by atoms with Crippen molar-refractivity contribution in [3.8, 4) is 0 Å². The number of rotatable bonds is 3. The van der Waals surface area contributed by atoms with Gasteiger partial charge in [0.05, 0.1) is 0 Å². The Bertz CT molecular complexity index is 247. The minimum absolute atomic E-state index is 0.130. The Kier molecular flexibility index (Phi) is 3.54. The number of hydrogen-bond acceptors (Lipinski definition) is 0. The fraction of sp³-hybridized carbons (Fsp3) is 0.400. The second kappa shape index (κ2) is 4.46. The molecule has 0 N–H and O–H groups in total. The van der Waals surface area contributed by atoms with Gasteiger partial charge in [-0.3, -0.25) is 0 Å². The van der Waals surface area contributed by atoms with Crippen LogP contribution in [0.25, 0.3) is 0 Å². The molecule has 1 atom stereocenters. The molecule has 2 heteroatoms. The number of benzene rings is 1. The van der Waals surface area contributed by atoms with Gasteiger partial charge in [-0.05, 0) is 24.0 Å². The summed E-state index contributed by atoms with van der Waals surface area (Å²) in [5.41, 5.74) is 0.762. The summed E-state index contributed by atoms with van der Waals surface area (Å²) < 4.78 is 13.1. The molecule has 0 nitrogen and oxygen atoms in total. The minimum Gasteiger partial charge on any atom is -0.207 e. The molecule has 0 saturated carbocycles. The molecule has 1 rings (SSSR count). The zero-order chi connectivity index (χ0) is 8.97. The SMILES string of the molecule is CC(CCCl)c1ccccc1F. The minimum atomic E-state index is -0.130. The van der Waals surface area contributed by atoms with Crippen molar-refractivity contribution in [2.75, 3.05) is 5.88 Å². The highest BCUT2D eigenvalue weighted by Gasteiger charge is 2.08. The molecule has 0 aromatic heterocycles. The van der Waals surface area contributed by atoms with Gasteiger partial charge in [-0.25, -0.2) is 4.39 Å². The average molecular weight is 187 g/mol. The second-order valence-corrected chi connectivity index (χ2v) is 3.28. The zero-order valence-electron chi connectivity index (χ0n) is 7.06. The lowest BCUT2D eigenvalue weighted by molar-refractivity contribution is 0.584. The molecule has 0 saturated heterocycles. The molecule has 66 valence electrons. The van der Waals surface area contributed by atoms with Crippen LogP contribution in [0.3, 0.4) is 0 Å². The highest BCUT2D eigenvalue weighted by molar-refractivity contribution is 6.17. The Morgan fingerprint density at radius 2 is 2.08 bits per heavy atom. The van der Waals surface area contributed by atoms with Gasteiger partial charge in [0.2, 0.25) is 0 Å². The van der Waals surface area contributed by atoms with E-state index < -0.39 is 0 Å². The Labute approximate surface area is 77.4 Å². The van der Waals surface area contributed by atoms with Crippen molar-refractivity contribution < 1.29 is 4.39 Å². The van der Waals surface area contributed by atoms with Gasteiger partial charge in [-0.1, -0.05) is 25.1 Å². The average Bonchev–Trinajstić information content (AvgIpc) is 2.05. The van der Waals surface area contributed by atoms with Crippen LogP contribution in [-0.4, -0.2) is 5.88 Å². The Morgan fingerprint density at radius 1 is 1.42 bits per heavy atom. The first-order valence-corrected chi connectivity index (χ1v) is 4.59. The summed E-state index contributed by atoms with van der Waals surface area (Å²) in [5, 5.41) is 0. The zero-order valence-corrected chi connectivity index (χ0v) is 7.81. The van der Waals surface area contributed by atoms with E-state index >= 15 is 0 Å². The molecule has 1 unspecified atom stereocenters. The first-order chi connectivity index (χ1) is 5.75. The van der Waals surface area contributed by atoms with Crippen LogP contribution in [0.1, 0.15) is 24.8 Å². The lowest BCUT2D eigenvalue weighted by Crippen LogP contribution is -1.97. The van der Waals surface area contributed by atoms with E-state index in [9.17, 15) is 4.39 Å². The van der Waals surface area contributed by atoms with E-state index in [1.807, 2.05) is 19.1 Å². The lowest BCUT2D eigenvalue weighted by Gasteiger charge is -2.09. The molecule has 0 aliphatic carbocycles. The van der Waals surface area contributed by atoms with Crippen molar-refractivity contribution in [1.82, 2.24) is 0 Å².